The Morgan fingerprint density at radius 1 is 1.30 bits per heavy atom. The number of allylic oxidation sites excluding steroid dienone is 2. The van der Waals surface area contributed by atoms with Crippen LogP contribution in [0.1, 0.15) is 66.2 Å². The maximum Gasteiger partial charge on any atom is 0.410 e. The lowest BCUT2D eigenvalue weighted by atomic mass is 9.88. The van der Waals surface area contributed by atoms with Crippen molar-refractivity contribution in [3.63, 3.8) is 0 Å². The van der Waals surface area contributed by atoms with Gasteiger partial charge < -0.3 is 14.4 Å². The smallest absolute Gasteiger partial charge is 0.410 e. The summed E-state index contributed by atoms with van der Waals surface area (Å²) in [4.78, 5) is 14.6. The molecule has 1 amide bonds. The second kappa shape index (κ2) is 8.18. The highest BCUT2D eigenvalue weighted by atomic mass is 16.6. The van der Waals surface area contributed by atoms with Crippen molar-refractivity contribution in [2.75, 3.05) is 19.8 Å². The minimum absolute atomic E-state index is 0.160. The highest BCUT2D eigenvalue weighted by Crippen LogP contribution is 2.27. The van der Waals surface area contributed by atoms with Gasteiger partial charge in [0, 0.05) is 25.8 Å². The van der Waals surface area contributed by atoms with Crippen molar-refractivity contribution >= 4 is 6.09 Å². The molecule has 2 rings (SSSR count). The zero-order valence-corrected chi connectivity index (χ0v) is 15.3. The van der Waals surface area contributed by atoms with E-state index in [1.165, 1.54) is 18.4 Å². The fraction of sp³-hybridized carbons (Fsp3) is 0.842. The zero-order chi connectivity index (χ0) is 16.9. The Balaban J connectivity index is 1.94. The molecule has 1 aliphatic heterocycles. The van der Waals surface area contributed by atoms with Crippen LogP contribution in [-0.2, 0) is 9.47 Å². The Bertz CT molecular complexity index is 419. The molecule has 0 aromatic heterocycles. The van der Waals surface area contributed by atoms with Gasteiger partial charge in [0.2, 0.25) is 0 Å². The van der Waals surface area contributed by atoms with Crippen LogP contribution in [0.5, 0.6) is 0 Å². The lowest BCUT2D eigenvalue weighted by molar-refractivity contribution is -0.00699. The first-order chi connectivity index (χ1) is 10.8. The van der Waals surface area contributed by atoms with E-state index in [0.29, 0.717) is 5.92 Å². The van der Waals surface area contributed by atoms with E-state index in [2.05, 4.69) is 13.0 Å². The van der Waals surface area contributed by atoms with E-state index in [0.717, 1.165) is 45.4 Å². The van der Waals surface area contributed by atoms with Crippen LogP contribution in [0.15, 0.2) is 11.6 Å². The van der Waals surface area contributed by atoms with Gasteiger partial charge in [-0.3, -0.25) is 0 Å². The van der Waals surface area contributed by atoms with Crippen molar-refractivity contribution < 1.29 is 14.3 Å². The molecule has 4 nitrogen and oxygen atoms in total. The van der Waals surface area contributed by atoms with Crippen molar-refractivity contribution in [2.45, 2.75) is 77.9 Å². The van der Waals surface area contributed by atoms with E-state index < -0.39 is 5.60 Å². The van der Waals surface area contributed by atoms with Crippen LogP contribution in [-0.4, -0.2) is 42.4 Å². The summed E-state index contributed by atoms with van der Waals surface area (Å²) in [5.41, 5.74) is 1.07. The number of rotatable bonds is 4. The number of hydrogen-bond acceptors (Lipinski definition) is 3. The molecule has 23 heavy (non-hydrogen) atoms. The van der Waals surface area contributed by atoms with E-state index in [4.69, 9.17) is 9.47 Å². The Hall–Kier alpha value is -1.03. The molecule has 0 saturated carbocycles. The molecule has 1 atom stereocenters. The maximum atomic E-state index is 12.6. The molecule has 0 N–H and O–H groups in total. The van der Waals surface area contributed by atoms with Gasteiger partial charge in [0.1, 0.15) is 5.60 Å². The lowest BCUT2D eigenvalue weighted by Gasteiger charge is -2.36. The second-order valence-electron chi connectivity index (χ2n) is 8.00. The predicted molar refractivity (Wildman–Crippen MR) is 92.5 cm³/mol. The van der Waals surface area contributed by atoms with Crippen molar-refractivity contribution in [3.05, 3.63) is 11.6 Å². The van der Waals surface area contributed by atoms with Crippen LogP contribution in [0.2, 0.25) is 0 Å². The number of nitrogens with zero attached hydrogens (tertiary/aromatic N) is 1. The van der Waals surface area contributed by atoms with Crippen molar-refractivity contribution in [3.8, 4) is 0 Å². The van der Waals surface area contributed by atoms with Crippen LogP contribution in [0.4, 0.5) is 4.79 Å². The van der Waals surface area contributed by atoms with Crippen LogP contribution < -0.4 is 0 Å². The van der Waals surface area contributed by atoms with E-state index in [1.54, 1.807) is 0 Å². The minimum atomic E-state index is -0.439. The van der Waals surface area contributed by atoms with Crippen LogP contribution in [0.25, 0.3) is 0 Å². The number of hydrogen-bond donors (Lipinski definition) is 0. The standard InChI is InChI=1S/C19H33NO3/c1-15-5-7-16(8-6-15)9-12-20(17-10-13-22-14-11-17)18(21)23-19(2,3)4/h5,16-17H,6-14H2,1-4H3. The van der Waals surface area contributed by atoms with Crippen molar-refractivity contribution in [1.29, 1.82) is 0 Å². The molecule has 132 valence electrons. The Morgan fingerprint density at radius 3 is 2.57 bits per heavy atom. The van der Waals surface area contributed by atoms with E-state index in [9.17, 15) is 4.79 Å². The van der Waals surface area contributed by atoms with Gasteiger partial charge in [0.15, 0.2) is 0 Å². The number of ether oxygens (including phenoxy) is 2. The number of carbonyl (C=O) groups excluding carboxylic acids is 1. The van der Waals surface area contributed by atoms with Gasteiger partial charge in [-0.25, -0.2) is 4.79 Å². The third-order valence-electron chi connectivity index (χ3n) is 4.78. The summed E-state index contributed by atoms with van der Waals surface area (Å²) < 4.78 is 11.1. The topological polar surface area (TPSA) is 38.8 Å². The van der Waals surface area contributed by atoms with Gasteiger partial charge in [0.25, 0.3) is 0 Å². The monoisotopic (exact) mass is 323 g/mol. The maximum absolute atomic E-state index is 12.6. The van der Waals surface area contributed by atoms with Gasteiger partial charge in [-0.2, -0.15) is 0 Å². The summed E-state index contributed by atoms with van der Waals surface area (Å²) in [6.07, 6.45) is 8.72. The number of carbonyl (C=O) groups is 1. The highest BCUT2D eigenvalue weighted by molar-refractivity contribution is 5.68. The molecule has 0 radical (unpaired) electrons. The van der Waals surface area contributed by atoms with Gasteiger partial charge in [-0.1, -0.05) is 11.6 Å². The zero-order valence-electron chi connectivity index (χ0n) is 15.3. The molecular weight excluding hydrogens is 290 g/mol. The predicted octanol–water partition coefficient (Wildman–Crippen LogP) is 4.54. The normalized spacial score (nSPS) is 23.3. The van der Waals surface area contributed by atoms with Gasteiger partial charge in [0.05, 0.1) is 0 Å². The quantitative estimate of drug-likeness (QED) is 0.713. The fourth-order valence-corrected chi connectivity index (χ4v) is 3.34. The molecule has 1 saturated heterocycles. The minimum Gasteiger partial charge on any atom is -0.444 e. The third kappa shape index (κ3) is 6.17. The van der Waals surface area contributed by atoms with E-state index in [1.807, 2.05) is 25.7 Å². The first kappa shape index (κ1) is 18.3. The molecule has 0 aromatic carbocycles. The molecule has 0 aromatic rings. The number of amides is 1. The summed E-state index contributed by atoms with van der Waals surface area (Å²) in [5, 5.41) is 0. The van der Waals surface area contributed by atoms with Crippen LogP contribution in [0, 0.1) is 5.92 Å². The molecule has 0 bridgehead atoms. The summed E-state index contributed by atoms with van der Waals surface area (Å²) in [7, 11) is 0. The summed E-state index contributed by atoms with van der Waals surface area (Å²) in [6, 6.07) is 0.263. The van der Waals surface area contributed by atoms with Gasteiger partial charge in [-0.15, -0.1) is 0 Å². The first-order valence-corrected chi connectivity index (χ1v) is 9.08. The summed E-state index contributed by atoms with van der Waals surface area (Å²) >= 11 is 0. The third-order valence-corrected chi connectivity index (χ3v) is 4.78. The molecule has 1 heterocycles. The molecule has 1 unspecified atom stereocenters. The van der Waals surface area contributed by atoms with E-state index >= 15 is 0 Å². The fourth-order valence-electron chi connectivity index (χ4n) is 3.34. The summed E-state index contributed by atoms with van der Waals surface area (Å²) in [6.45, 7) is 10.3. The average Bonchev–Trinajstić information content (AvgIpc) is 2.48. The average molecular weight is 323 g/mol. The molecule has 4 heteroatoms. The first-order valence-electron chi connectivity index (χ1n) is 9.08. The molecule has 2 aliphatic rings. The lowest BCUT2D eigenvalue weighted by Crippen LogP contribution is -2.46. The highest BCUT2D eigenvalue weighted by Gasteiger charge is 2.30. The van der Waals surface area contributed by atoms with Gasteiger partial charge in [-0.05, 0) is 72.1 Å². The second-order valence-corrected chi connectivity index (χ2v) is 8.00. The molecule has 1 aliphatic carbocycles. The molecule has 1 fully saturated rings. The van der Waals surface area contributed by atoms with Crippen molar-refractivity contribution in [1.82, 2.24) is 4.90 Å². The van der Waals surface area contributed by atoms with E-state index in [-0.39, 0.29) is 12.1 Å². The SMILES string of the molecule is CC1=CCC(CCN(C(=O)OC(C)(C)C)C2CCOCC2)CC1. The van der Waals surface area contributed by atoms with Crippen LogP contribution in [0.3, 0.4) is 0 Å². The Kier molecular flexibility index (Phi) is 6.51. The van der Waals surface area contributed by atoms with Gasteiger partial charge >= 0.3 is 6.09 Å². The molecule has 0 spiro atoms. The Labute approximate surface area is 141 Å². The Morgan fingerprint density at radius 2 is 2.00 bits per heavy atom. The largest absolute Gasteiger partial charge is 0.444 e. The summed E-state index contributed by atoms with van der Waals surface area (Å²) in [5.74, 6) is 0.698. The molecular formula is C19H33NO3. The van der Waals surface area contributed by atoms with Crippen LogP contribution >= 0.6 is 0 Å². The van der Waals surface area contributed by atoms with Crippen molar-refractivity contribution in [2.24, 2.45) is 5.92 Å².